The van der Waals surface area contributed by atoms with Gasteiger partial charge in [0.15, 0.2) is 0 Å². The summed E-state index contributed by atoms with van der Waals surface area (Å²) >= 11 is 3.49. The summed E-state index contributed by atoms with van der Waals surface area (Å²) in [5, 5.41) is 0. The summed E-state index contributed by atoms with van der Waals surface area (Å²) in [6.07, 6.45) is 0. The van der Waals surface area contributed by atoms with Crippen molar-refractivity contribution >= 4 is 21.8 Å². The fraction of sp³-hybridized carbons (Fsp3) is 0.240. The van der Waals surface area contributed by atoms with Crippen molar-refractivity contribution in [1.29, 1.82) is 0 Å². The maximum Gasteiger partial charge on any atom is 0.259 e. The van der Waals surface area contributed by atoms with Gasteiger partial charge < -0.3 is 4.90 Å². The molecule has 1 heterocycles. The van der Waals surface area contributed by atoms with E-state index in [0.717, 1.165) is 16.1 Å². The molecule has 3 aromatic rings. The van der Waals surface area contributed by atoms with Gasteiger partial charge in [-0.1, -0.05) is 64.5 Å². The van der Waals surface area contributed by atoms with Gasteiger partial charge in [0, 0.05) is 30.7 Å². The van der Waals surface area contributed by atoms with Gasteiger partial charge in [-0.2, -0.15) is 0 Å². The molecule has 0 N–H and O–H groups in total. The number of amides is 1. The topological polar surface area (TPSA) is 23.6 Å². The standard InChI is InChI=1S/C25H23BrF2N2O/c1-17-7-12-21(27)22(23(17)28)25(31)30-15-13-29(14-16-30)24(18-5-3-2-4-6-18)19-8-10-20(26)11-9-19/h2-12,24H,13-16H2,1H3/t24-/m0/s1. The summed E-state index contributed by atoms with van der Waals surface area (Å²) in [6, 6.07) is 21.0. The SMILES string of the molecule is Cc1ccc(F)c(C(=O)N2CCN([C@@H](c3ccccc3)c3ccc(Br)cc3)CC2)c1F. The van der Waals surface area contributed by atoms with Crippen LogP contribution in [-0.4, -0.2) is 41.9 Å². The van der Waals surface area contributed by atoms with E-state index in [9.17, 15) is 13.6 Å². The summed E-state index contributed by atoms with van der Waals surface area (Å²) < 4.78 is 29.7. The van der Waals surface area contributed by atoms with Gasteiger partial charge in [0.05, 0.1) is 6.04 Å². The van der Waals surface area contributed by atoms with E-state index in [1.165, 1.54) is 18.6 Å². The second-order valence-electron chi connectivity index (χ2n) is 7.75. The van der Waals surface area contributed by atoms with Gasteiger partial charge in [-0.3, -0.25) is 9.69 Å². The molecule has 6 heteroatoms. The van der Waals surface area contributed by atoms with Crippen molar-refractivity contribution in [2.24, 2.45) is 0 Å². The van der Waals surface area contributed by atoms with Crippen LogP contribution in [0.2, 0.25) is 0 Å². The predicted molar refractivity (Wildman–Crippen MR) is 121 cm³/mol. The van der Waals surface area contributed by atoms with Crippen molar-refractivity contribution < 1.29 is 13.6 Å². The van der Waals surface area contributed by atoms with Crippen LogP contribution in [0.15, 0.2) is 71.2 Å². The van der Waals surface area contributed by atoms with Crippen LogP contribution >= 0.6 is 15.9 Å². The molecule has 4 rings (SSSR count). The van der Waals surface area contributed by atoms with Crippen LogP contribution < -0.4 is 0 Å². The highest BCUT2D eigenvalue weighted by Gasteiger charge is 2.31. The highest BCUT2D eigenvalue weighted by molar-refractivity contribution is 9.10. The third-order valence-electron chi connectivity index (χ3n) is 5.77. The van der Waals surface area contributed by atoms with Gasteiger partial charge in [-0.15, -0.1) is 0 Å². The number of nitrogens with zero attached hydrogens (tertiary/aromatic N) is 2. The summed E-state index contributed by atoms with van der Waals surface area (Å²) in [6.45, 7) is 3.57. The molecule has 3 nitrogen and oxygen atoms in total. The smallest absolute Gasteiger partial charge is 0.259 e. The highest BCUT2D eigenvalue weighted by atomic mass is 79.9. The number of hydrogen-bond donors (Lipinski definition) is 0. The van der Waals surface area contributed by atoms with E-state index in [2.05, 4.69) is 45.1 Å². The maximum absolute atomic E-state index is 14.4. The molecule has 0 aliphatic carbocycles. The number of benzene rings is 3. The first-order valence-corrected chi connectivity index (χ1v) is 11.0. The lowest BCUT2D eigenvalue weighted by molar-refractivity contribution is 0.0588. The van der Waals surface area contributed by atoms with E-state index < -0.39 is 23.1 Å². The van der Waals surface area contributed by atoms with Gasteiger partial charge in [0.25, 0.3) is 5.91 Å². The molecule has 3 aromatic carbocycles. The number of rotatable bonds is 4. The monoisotopic (exact) mass is 484 g/mol. The van der Waals surface area contributed by atoms with Gasteiger partial charge in [0.2, 0.25) is 0 Å². The van der Waals surface area contributed by atoms with E-state index >= 15 is 0 Å². The van der Waals surface area contributed by atoms with E-state index in [-0.39, 0.29) is 11.6 Å². The molecule has 0 unspecified atom stereocenters. The summed E-state index contributed by atoms with van der Waals surface area (Å²) in [5.74, 6) is -2.17. The zero-order chi connectivity index (χ0) is 22.0. The third kappa shape index (κ3) is 4.55. The first-order valence-electron chi connectivity index (χ1n) is 10.2. The normalized spacial score (nSPS) is 15.7. The van der Waals surface area contributed by atoms with Crippen molar-refractivity contribution in [2.45, 2.75) is 13.0 Å². The van der Waals surface area contributed by atoms with Crippen LogP contribution in [0, 0.1) is 18.6 Å². The molecule has 1 saturated heterocycles. The van der Waals surface area contributed by atoms with Crippen LogP contribution in [0.1, 0.15) is 33.1 Å². The molecule has 1 fully saturated rings. The van der Waals surface area contributed by atoms with Crippen molar-refractivity contribution in [3.8, 4) is 0 Å². The quantitative estimate of drug-likeness (QED) is 0.482. The molecule has 0 saturated carbocycles. The summed E-state index contributed by atoms with van der Waals surface area (Å²) in [5.41, 5.74) is 2.13. The molecule has 160 valence electrons. The predicted octanol–water partition coefficient (Wildman–Crippen LogP) is 5.58. The van der Waals surface area contributed by atoms with Crippen molar-refractivity contribution in [3.05, 3.63) is 105 Å². The number of halogens is 3. The Morgan fingerprint density at radius 3 is 2.13 bits per heavy atom. The van der Waals surface area contributed by atoms with Crippen LogP contribution in [0.5, 0.6) is 0 Å². The lowest BCUT2D eigenvalue weighted by Crippen LogP contribution is -2.50. The average molecular weight is 485 g/mol. The molecular formula is C25H23BrF2N2O. The Balaban J connectivity index is 1.55. The van der Waals surface area contributed by atoms with Crippen LogP contribution in [-0.2, 0) is 0 Å². The molecule has 1 aliphatic heterocycles. The number of carbonyl (C=O) groups is 1. The Morgan fingerprint density at radius 1 is 0.871 bits per heavy atom. The van der Waals surface area contributed by atoms with Gasteiger partial charge in [-0.05, 0) is 41.8 Å². The van der Waals surface area contributed by atoms with E-state index in [4.69, 9.17) is 0 Å². The first-order chi connectivity index (χ1) is 15.0. The van der Waals surface area contributed by atoms with Crippen LogP contribution in [0.4, 0.5) is 8.78 Å². The Hall–Kier alpha value is -2.57. The fourth-order valence-electron chi connectivity index (χ4n) is 4.09. The van der Waals surface area contributed by atoms with E-state index in [1.807, 2.05) is 30.3 Å². The van der Waals surface area contributed by atoms with Crippen LogP contribution in [0.25, 0.3) is 0 Å². The molecule has 1 amide bonds. The second-order valence-corrected chi connectivity index (χ2v) is 8.66. The highest BCUT2D eigenvalue weighted by Crippen LogP contribution is 2.31. The zero-order valence-electron chi connectivity index (χ0n) is 17.2. The number of aryl methyl sites for hydroxylation is 1. The van der Waals surface area contributed by atoms with Gasteiger partial charge in [-0.25, -0.2) is 8.78 Å². The number of hydrogen-bond acceptors (Lipinski definition) is 2. The van der Waals surface area contributed by atoms with Gasteiger partial charge in [0.1, 0.15) is 17.2 Å². The van der Waals surface area contributed by atoms with Crippen molar-refractivity contribution in [3.63, 3.8) is 0 Å². The third-order valence-corrected chi connectivity index (χ3v) is 6.29. The Morgan fingerprint density at radius 2 is 1.48 bits per heavy atom. The first kappa shape index (κ1) is 21.7. The number of carbonyl (C=O) groups excluding carboxylic acids is 1. The fourth-order valence-corrected chi connectivity index (χ4v) is 4.35. The maximum atomic E-state index is 14.4. The Kier molecular flexibility index (Phi) is 6.49. The molecule has 31 heavy (non-hydrogen) atoms. The summed E-state index contributed by atoms with van der Waals surface area (Å²) in [4.78, 5) is 16.7. The lowest BCUT2D eigenvalue weighted by Gasteiger charge is -2.40. The lowest BCUT2D eigenvalue weighted by atomic mass is 9.96. The van der Waals surface area contributed by atoms with Crippen molar-refractivity contribution in [2.75, 3.05) is 26.2 Å². The molecule has 0 aromatic heterocycles. The molecule has 1 atom stereocenters. The Bertz CT molecular complexity index is 1060. The number of piperazine rings is 1. The largest absolute Gasteiger partial charge is 0.336 e. The minimum atomic E-state index is -0.812. The summed E-state index contributed by atoms with van der Waals surface area (Å²) in [7, 11) is 0. The second kappa shape index (κ2) is 9.28. The van der Waals surface area contributed by atoms with Crippen molar-refractivity contribution in [1.82, 2.24) is 9.80 Å². The minimum Gasteiger partial charge on any atom is -0.336 e. The van der Waals surface area contributed by atoms with E-state index in [0.29, 0.717) is 26.2 Å². The minimum absolute atomic E-state index is 0.0407. The van der Waals surface area contributed by atoms with Gasteiger partial charge >= 0.3 is 0 Å². The molecule has 0 bridgehead atoms. The molecule has 0 radical (unpaired) electrons. The average Bonchev–Trinajstić information content (AvgIpc) is 2.79. The van der Waals surface area contributed by atoms with Crippen LogP contribution in [0.3, 0.4) is 0 Å². The molecule has 0 spiro atoms. The molecular weight excluding hydrogens is 462 g/mol. The molecule has 1 aliphatic rings. The zero-order valence-corrected chi connectivity index (χ0v) is 18.8. The van der Waals surface area contributed by atoms with E-state index in [1.54, 1.807) is 4.90 Å². The Labute approximate surface area is 189 Å².